The van der Waals surface area contributed by atoms with Crippen LogP contribution in [-0.4, -0.2) is 42.1 Å². The summed E-state index contributed by atoms with van der Waals surface area (Å²) in [5, 5.41) is 4.82. The molecule has 27 heavy (non-hydrogen) atoms. The van der Waals surface area contributed by atoms with Gasteiger partial charge in [0.15, 0.2) is 0 Å². The van der Waals surface area contributed by atoms with Crippen LogP contribution in [0.5, 0.6) is 0 Å². The van der Waals surface area contributed by atoms with E-state index >= 15 is 0 Å². The molecule has 0 aromatic carbocycles. The number of aromatic nitrogens is 1. The number of hydrogen-bond donors (Lipinski definition) is 2. The smallest absolute Gasteiger partial charge is 0.253 e. The maximum absolute atomic E-state index is 12.7. The molecule has 2 aromatic heterocycles. The Bertz CT molecular complexity index is 881. The van der Waals surface area contributed by atoms with Gasteiger partial charge in [-0.2, -0.15) is 0 Å². The molecule has 7 heteroatoms. The van der Waals surface area contributed by atoms with Gasteiger partial charge in [0.05, 0.1) is 18.8 Å². The number of nitrogens with one attached hydrogen (secondary N) is 2. The second-order valence-corrected chi connectivity index (χ2v) is 8.00. The highest BCUT2D eigenvalue weighted by molar-refractivity contribution is 7.10. The van der Waals surface area contributed by atoms with E-state index in [9.17, 15) is 9.59 Å². The van der Waals surface area contributed by atoms with Gasteiger partial charge in [-0.25, -0.2) is 0 Å². The fraction of sp³-hybridized carbons (Fsp3) is 0.500. The molecule has 0 radical (unpaired) electrons. The summed E-state index contributed by atoms with van der Waals surface area (Å²) >= 11 is 1.62. The first kappa shape index (κ1) is 19.8. The standard InChI is InChI=1S/C20H27N3O3S/c1-12-9-13(2)22-20(25)16(12)10-21-19(24)17-11-27-18(14(17)3)15(4)23-5-7-26-8-6-23/h9,11,15H,5-8,10H2,1-4H3,(H,21,24)(H,22,25). The second kappa shape index (κ2) is 8.37. The Balaban J connectivity index is 1.71. The SMILES string of the molecule is Cc1cc(C)c(CNC(=O)c2csc(C(C)N3CCOCC3)c2C)c(=O)[nH]1. The molecule has 6 nitrogen and oxygen atoms in total. The van der Waals surface area contributed by atoms with Gasteiger partial charge in [-0.3, -0.25) is 14.5 Å². The summed E-state index contributed by atoms with van der Waals surface area (Å²) in [5.74, 6) is -0.136. The molecule has 1 unspecified atom stereocenters. The van der Waals surface area contributed by atoms with E-state index in [0.29, 0.717) is 11.1 Å². The topological polar surface area (TPSA) is 74.4 Å². The van der Waals surface area contributed by atoms with Crippen LogP contribution in [0, 0.1) is 20.8 Å². The first-order valence-electron chi connectivity index (χ1n) is 9.26. The van der Waals surface area contributed by atoms with Gasteiger partial charge >= 0.3 is 0 Å². The molecule has 0 saturated carbocycles. The van der Waals surface area contributed by atoms with E-state index in [0.717, 1.165) is 43.1 Å². The summed E-state index contributed by atoms with van der Waals surface area (Å²) < 4.78 is 5.43. The number of aryl methyl sites for hydroxylation is 2. The Morgan fingerprint density at radius 3 is 2.70 bits per heavy atom. The van der Waals surface area contributed by atoms with E-state index in [-0.39, 0.29) is 24.1 Å². The van der Waals surface area contributed by atoms with Crippen LogP contribution in [0.15, 0.2) is 16.2 Å². The second-order valence-electron chi connectivity index (χ2n) is 7.09. The molecule has 1 amide bonds. The number of morpholine rings is 1. The van der Waals surface area contributed by atoms with Crippen LogP contribution in [-0.2, 0) is 11.3 Å². The lowest BCUT2D eigenvalue weighted by Crippen LogP contribution is -2.38. The van der Waals surface area contributed by atoms with E-state index in [1.165, 1.54) is 4.88 Å². The zero-order valence-electron chi connectivity index (χ0n) is 16.3. The van der Waals surface area contributed by atoms with Crippen molar-refractivity contribution in [2.24, 2.45) is 0 Å². The van der Waals surface area contributed by atoms with E-state index in [1.807, 2.05) is 32.2 Å². The number of carbonyl (C=O) groups is 1. The molecule has 3 rings (SSSR count). The molecule has 3 heterocycles. The summed E-state index contributed by atoms with van der Waals surface area (Å²) in [7, 11) is 0. The van der Waals surface area contributed by atoms with Crippen LogP contribution < -0.4 is 10.9 Å². The minimum atomic E-state index is -0.142. The van der Waals surface area contributed by atoms with Crippen molar-refractivity contribution in [1.82, 2.24) is 15.2 Å². The maximum atomic E-state index is 12.7. The van der Waals surface area contributed by atoms with E-state index < -0.39 is 0 Å². The highest BCUT2D eigenvalue weighted by Crippen LogP contribution is 2.31. The lowest BCUT2D eigenvalue weighted by molar-refractivity contribution is 0.0204. The predicted octanol–water partition coefficient (Wildman–Crippen LogP) is 2.68. The number of H-pyrrole nitrogens is 1. The van der Waals surface area contributed by atoms with Gasteiger partial charge in [-0.05, 0) is 44.9 Å². The Kier molecular flexibility index (Phi) is 6.14. The average Bonchev–Trinajstić information content (AvgIpc) is 3.02. The zero-order valence-corrected chi connectivity index (χ0v) is 17.2. The van der Waals surface area contributed by atoms with E-state index in [4.69, 9.17) is 4.74 Å². The zero-order chi connectivity index (χ0) is 19.6. The summed E-state index contributed by atoms with van der Waals surface area (Å²) in [4.78, 5) is 31.2. The average molecular weight is 390 g/mol. The monoisotopic (exact) mass is 389 g/mol. The minimum absolute atomic E-state index is 0.136. The number of hydrogen-bond acceptors (Lipinski definition) is 5. The summed E-state index contributed by atoms with van der Waals surface area (Å²) in [6, 6.07) is 2.18. The lowest BCUT2D eigenvalue weighted by atomic mass is 10.1. The van der Waals surface area contributed by atoms with Gasteiger partial charge in [0.2, 0.25) is 0 Å². The third-order valence-corrected chi connectivity index (χ3v) is 6.47. The first-order chi connectivity index (χ1) is 12.9. The number of carbonyl (C=O) groups excluding carboxylic acids is 1. The number of thiophene rings is 1. The number of ether oxygens (including phenoxy) is 1. The van der Waals surface area contributed by atoms with Crippen molar-refractivity contribution in [3.8, 4) is 0 Å². The normalized spacial score (nSPS) is 16.3. The van der Waals surface area contributed by atoms with Crippen LogP contribution in [0.4, 0.5) is 0 Å². The van der Waals surface area contributed by atoms with Crippen LogP contribution >= 0.6 is 11.3 Å². The molecular weight excluding hydrogens is 362 g/mol. The lowest BCUT2D eigenvalue weighted by Gasteiger charge is -2.32. The molecule has 146 valence electrons. The Labute approximate surface area is 163 Å². The molecule has 1 saturated heterocycles. The molecule has 2 aromatic rings. The molecule has 0 spiro atoms. The molecule has 0 aliphatic carbocycles. The number of amides is 1. The van der Waals surface area contributed by atoms with Gasteiger partial charge in [-0.1, -0.05) is 0 Å². The number of rotatable bonds is 5. The van der Waals surface area contributed by atoms with E-state index in [2.05, 4.69) is 22.1 Å². The molecule has 1 aliphatic rings. The molecule has 1 atom stereocenters. The van der Waals surface area contributed by atoms with Gasteiger partial charge in [0.1, 0.15) is 0 Å². The fourth-order valence-electron chi connectivity index (χ4n) is 3.56. The maximum Gasteiger partial charge on any atom is 0.253 e. The van der Waals surface area contributed by atoms with Crippen molar-refractivity contribution < 1.29 is 9.53 Å². The quantitative estimate of drug-likeness (QED) is 0.825. The molecular formula is C20H27N3O3S. The number of aromatic amines is 1. The molecule has 1 fully saturated rings. The number of pyridine rings is 1. The van der Waals surface area contributed by atoms with Gasteiger partial charge in [-0.15, -0.1) is 11.3 Å². The predicted molar refractivity (Wildman–Crippen MR) is 108 cm³/mol. The highest BCUT2D eigenvalue weighted by Gasteiger charge is 2.24. The summed E-state index contributed by atoms with van der Waals surface area (Å²) in [6.07, 6.45) is 0. The fourth-order valence-corrected chi connectivity index (χ4v) is 4.72. The van der Waals surface area contributed by atoms with Crippen LogP contribution in [0.25, 0.3) is 0 Å². The number of nitrogens with zero attached hydrogens (tertiary/aromatic N) is 1. The van der Waals surface area contributed by atoms with Crippen molar-refractivity contribution in [2.45, 2.75) is 40.3 Å². The largest absolute Gasteiger partial charge is 0.379 e. The summed E-state index contributed by atoms with van der Waals surface area (Å²) in [5.41, 5.74) is 3.88. The highest BCUT2D eigenvalue weighted by atomic mass is 32.1. The van der Waals surface area contributed by atoms with Crippen molar-refractivity contribution in [3.05, 3.63) is 54.6 Å². The van der Waals surface area contributed by atoms with Crippen molar-refractivity contribution in [3.63, 3.8) is 0 Å². The van der Waals surface area contributed by atoms with Crippen molar-refractivity contribution >= 4 is 17.2 Å². The van der Waals surface area contributed by atoms with Crippen LogP contribution in [0.1, 0.15) is 50.6 Å². The molecule has 1 aliphatic heterocycles. The molecule has 0 bridgehead atoms. The van der Waals surface area contributed by atoms with E-state index in [1.54, 1.807) is 11.3 Å². The van der Waals surface area contributed by atoms with Crippen molar-refractivity contribution in [2.75, 3.05) is 26.3 Å². The summed E-state index contributed by atoms with van der Waals surface area (Å²) in [6.45, 7) is 11.5. The van der Waals surface area contributed by atoms with Gasteiger partial charge in [0, 0.05) is 47.2 Å². The van der Waals surface area contributed by atoms with Gasteiger partial charge in [0.25, 0.3) is 11.5 Å². The van der Waals surface area contributed by atoms with Crippen molar-refractivity contribution in [1.29, 1.82) is 0 Å². The third-order valence-electron chi connectivity index (χ3n) is 5.21. The molecule has 2 N–H and O–H groups in total. The van der Waals surface area contributed by atoms with Crippen LogP contribution in [0.2, 0.25) is 0 Å². The Morgan fingerprint density at radius 1 is 1.33 bits per heavy atom. The van der Waals surface area contributed by atoms with Gasteiger partial charge < -0.3 is 15.0 Å². The Morgan fingerprint density at radius 2 is 2.04 bits per heavy atom. The third kappa shape index (κ3) is 4.31. The van der Waals surface area contributed by atoms with Crippen LogP contribution in [0.3, 0.4) is 0 Å². The minimum Gasteiger partial charge on any atom is -0.379 e. The Hall–Kier alpha value is -1.96. The first-order valence-corrected chi connectivity index (χ1v) is 10.1.